The summed E-state index contributed by atoms with van der Waals surface area (Å²) in [5, 5.41) is 5.92. The van der Waals surface area contributed by atoms with Crippen LogP contribution in [0.25, 0.3) is 0 Å². The Hall–Kier alpha value is -1.48. The minimum Gasteiger partial charge on any atom is -0.262 e. The number of aromatic amines is 1. The van der Waals surface area contributed by atoms with E-state index in [2.05, 4.69) is 40.8 Å². The molecule has 0 aromatic carbocycles. The van der Waals surface area contributed by atoms with Crippen molar-refractivity contribution in [1.82, 2.24) is 20.2 Å². The number of nitrogens with zero attached hydrogens (tertiary/aromatic N) is 3. The highest BCUT2D eigenvalue weighted by Crippen LogP contribution is 2.16. The number of rotatable bonds is 3. The lowest BCUT2D eigenvalue weighted by atomic mass is 10.5. The van der Waals surface area contributed by atoms with Gasteiger partial charge in [0.2, 0.25) is 5.95 Å². The lowest BCUT2D eigenvalue weighted by molar-refractivity contribution is 0.600. The van der Waals surface area contributed by atoms with Gasteiger partial charge in [-0.15, -0.1) is 0 Å². The van der Waals surface area contributed by atoms with Gasteiger partial charge in [-0.2, -0.15) is 10.1 Å². The van der Waals surface area contributed by atoms with Crippen LogP contribution in [0.2, 0.25) is 0 Å². The van der Waals surface area contributed by atoms with Crippen LogP contribution < -0.4 is 4.72 Å². The first-order valence-corrected chi connectivity index (χ1v) is 6.34. The van der Waals surface area contributed by atoms with Gasteiger partial charge in [0, 0.05) is 16.9 Å². The van der Waals surface area contributed by atoms with E-state index in [0.717, 1.165) is 0 Å². The molecule has 0 aliphatic carbocycles. The first kappa shape index (κ1) is 11.0. The van der Waals surface area contributed by atoms with Crippen LogP contribution in [0.1, 0.15) is 0 Å². The van der Waals surface area contributed by atoms with Crippen LogP contribution in [0.4, 0.5) is 5.95 Å². The molecule has 0 saturated carbocycles. The Balaban J connectivity index is 2.33. The molecule has 0 amide bonds. The Morgan fingerprint density at radius 3 is 2.81 bits per heavy atom. The van der Waals surface area contributed by atoms with E-state index >= 15 is 0 Å². The van der Waals surface area contributed by atoms with Gasteiger partial charge in [-0.25, -0.2) is 18.2 Å². The molecule has 0 aliphatic heterocycles. The fourth-order valence-corrected chi connectivity index (χ4v) is 2.45. The van der Waals surface area contributed by atoms with Crippen LogP contribution in [0.3, 0.4) is 0 Å². The van der Waals surface area contributed by atoms with E-state index in [1.807, 2.05) is 0 Å². The van der Waals surface area contributed by atoms with Gasteiger partial charge in [0.15, 0.2) is 0 Å². The van der Waals surface area contributed by atoms with Crippen molar-refractivity contribution >= 4 is 31.9 Å². The van der Waals surface area contributed by atoms with Crippen molar-refractivity contribution in [2.24, 2.45) is 0 Å². The summed E-state index contributed by atoms with van der Waals surface area (Å²) in [7, 11) is -3.68. The maximum Gasteiger partial charge on any atom is 0.265 e. The second kappa shape index (κ2) is 4.18. The molecule has 2 aromatic heterocycles. The molecule has 0 aliphatic rings. The third kappa shape index (κ3) is 2.36. The summed E-state index contributed by atoms with van der Waals surface area (Å²) >= 11 is 3.14. The van der Waals surface area contributed by atoms with E-state index in [-0.39, 0.29) is 10.8 Å². The van der Waals surface area contributed by atoms with Crippen LogP contribution in [0.15, 0.2) is 34.2 Å². The Labute approximate surface area is 99.5 Å². The number of H-pyrrole nitrogens is 1. The number of anilines is 1. The molecule has 2 heterocycles. The summed E-state index contributed by atoms with van der Waals surface area (Å²) in [5.41, 5.74) is 0. The number of hydrogen-bond acceptors (Lipinski definition) is 5. The topological polar surface area (TPSA) is 101 Å². The molecular weight excluding hydrogens is 298 g/mol. The van der Waals surface area contributed by atoms with Crippen LogP contribution in [0, 0.1) is 0 Å². The van der Waals surface area contributed by atoms with Gasteiger partial charge in [0.25, 0.3) is 10.0 Å². The van der Waals surface area contributed by atoms with Crippen molar-refractivity contribution in [3.05, 3.63) is 29.3 Å². The number of pyridine rings is 1. The Bertz CT molecular complexity index is 583. The molecule has 9 heteroatoms. The van der Waals surface area contributed by atoms with Gasteiger partial charge < -0.3 is 0 Å². The molecule has 7 nitrogen and oxygen atoms in total. The summed E-state index contributed by atoms with van der Waals surface area (Å²) in [6.45, 7) is 0. The summed E-state index contributed by atoms with van der Waals surface area (Å²) in [4.78, 5) is 7.47. The monoisotopic (exact) mass is 303 g/mol. The molecular formula is C7H6BrN5O2S. The maximum absolute atomic E-state index is 11.8. The first-order chi connectivity index (χ1) is 7.58. The predicted molar refractivity (Wildman–Crippen MR) is 59.1 cm³/mol. The molecule has 0 spiro atoms. The van der Waals surface area contributed by atoms with E-state index < -0.39 is 10.0 Å². The second-order valence-electron chi connectivity index (χ2n) is 2.78. The number of aromatic nitrogens is 4. The van der Waals surface area contributed by atoms with Crippen molar-refractivity contribution in [2.45, 2.75) is 4.90 Å². The van der Waals surface area contributed by atoms with Crippen LogP contribution in [-0.2, 0) is 10.0 Å². The lowest BCUT2D eigenvalue weighted by Crippen LogP contribution is -2.14. The van der Waals surface area contributed by atoms with Gasteiger partial charge >= 0.3 is 0 Å². The lowest BCUT2D eigenvalue weighted by Gasteiger charge is -2.04. The highest BCUT2D eigenvalue weighted by atomic mass is 79.9. The normalized spacial score (nSPS) is 11.3. The Morgan fingerprint density at radius 2 is 2.19 bits per heavy atom. The van der Waals surface area contributed by atoms with Crippen molar-refractivity contribution in [3.63, 3.8) is 0 Å². The molecule has 0 saturated heterocycles. The molecule has 0 fully saturated rings. The zero-order valence-electron chi connectivity index (χ0n) is 7.75. The summed E-state index contributed by atoms with van der Waals surface area (Å²) < 4.78 is 26.4. The zero-order chi connectivity index (χ0) is 11.6. The predicted octanol–water partition coefficient (Wildman–Crippen LogP) is 0.763. The Kier molecular flexibility index (Phi) is 2.88. The number of hydrogen-bond donors (Lipinski definition) is 2. The molecule has 2 aromatic rings. The van der Waals surface area contributed by atoms with Crippen LogP contribution in [0.5, 0.6) is 0 Å². The summed E-state index contributed by atoms with van der Waals surface area (Å²) in [6, 6.07) is 1.44. The molecule has 2 rings (SSSR count). The van der Waals surface area contributed by atoms with E-state index in [1.54, 1.807) is 0 Å². The first-order valence-electron chi connectivity index (χ1n) is 4.07. The average molecular weight is 304 g/mol. The average Bonchev–Trinajstić information content (AvgIpc) is 2.70. The van der Waals surface area contributed by atoms with Crippen LogP contribution in [-0.4, -0.2) is 28.6 Å². The molecule has 2 N–H and O–H groups in total. The fraction of sp³-hybridized carbons (Fsp3) is 0. The van der Waals surface area contributed by atoms with E-state index in [1.165, 1.54) is 24.8 Å². The van der Waals surface area contributed by atoms with Gasteiger partial charge in [-0.1, -0.05) is 0 Å². The smallest absolute Gasteiger partial charge is 0.262 e. The van der Waals surface area contributed by atoms with Crippen molar-refractivity contribution in [1.29, 1.82) is 0 Å². The van der Waals surface area contributed by atoms with Crippen molar-refractivity contribution in [3.8, 4) is 0 Å². The maximum atomic E-state index is 11.8. The van der Waals surface area contributed by atoms with E-state index in [0.29, 0.717) is 4.47 Å². The second-order valence-corrected chi connectivity index (χ2v) is 5.38. The largest absolute Gasteiger partial charge is 0.265 e. The van der Waals surface area contributed by atoms with Crippen molar-refractivity contribution in [2.75, 3.05) is 4.72 Å². The van der Waals surface area contributed by atoms with Crippen molar-refractivity contribution < 1.29 is 8.42 Å². The molecule has 0 unspecified atom stereocenters. The minimum absolute atomic E-state index is 0.0401. The van der Waals surface area contributed by atoms with E-state index in [9.17, 15) is 8.42 Å². The van der Waals surface area contributed by atoms with Gasteiger partial charge in [-0.3, -0.25) is 4.98 Å². The van der Waals surface area contributed by atoms with Crippen LogP contribution >= 0.6 is 15.9 Å². The van der Waals surface area contributed by atoms with E-state index in [4.69, 9.17) is 0 Å². The third-order valence-corrected chi connectivity index (χ3v) is 3.38. The summed E-state index contributed by atoms with van der Waals surface area (Å²) in [5.74, 6) is 0.0555. The molecule has 0 bridgehead atoms. The highest BCUT2D eigenvalue weighted by Gasteiger charge is 2.16. The molecule has 84 valence electrons. The molecule has 0 atom stereocenters. The fourth-order valence-electron chi connectivity index (χ4n) is 0.980. The molecule has 16 heavy (non-hydrogen) atoms. The summed E-state index contributed by atoms with van der Waals surface area (Å²) in [6.07, 6.45) is 3.94. The third-order valence-electron chi connectivity index (χ3n) is 1.64. The Morgan fingerprint density at radius 1 is 1.38 bits per heavy atom. The SMILES string of the molecule is O=S(=O)(Nc1ncn[nH]1)c1cncc(Br)c1. The van der Waals surface area contributed by atoms with Gasteiger partial charge in [0.05, 0.1) is 0 Å². The number of sulfonamides is 1. The quantitative estimate of drug-likeness (QED) is 0.872. The number of nitrogens with one attached hydrogen (secondary N) is 2. The zero-order valence-corrected chi connectivity index (χ0v) is 10.2. The highest BCUT2D eigenvalue weighted by molar-refractivity contribution is 9.10. The minimum atomic E-state index is -3.68. The van der Waals surface area contributed by atoms with Gasteiger partial charge in [-0.05, 0) is 22.0 Å². The molecule has 0 radical (unpaired) electrons. The number of halogens is 1. The van der Waals surface area contributed by atoms with Gasteiger partial charge in [0.1, 0.15) is 11.2 Å². The standard InChI is InChI=1S/C7H6BrN5O2S/c8-5-1-6(3-9-2-5)16(14,15)13-7-10-4-11-12-7/h1-4H,(H2,10,11,12,13).